The molecule has 2 rings (SSSR count). The van der Waals surface area contributed by atoms with Gasteiger partial charge in [-0.2, -0.15) is 4.98 Å². The fraction of sp³-hybridized carbons (Fsp3) is 0.538. The van der Waals surface area contributed by atoms with Gasteiger partial charge in [0.2, 0.25) is 5.95 Å². The van der Waals surface area contributed by atoms with Gasteiger partial charge in [0, 0.05) is 12.8 Å². The lowest BCUT2D eigenvalue weighted by Crippen LogP contribution is -2.30. The highest BCUT2D eigenvalue weighted by molar-refractivity contribution is 5.44. The van der Waals surface area contributed by atoms with Gasteiger partial charge in [0.15, 0.2) is 5.65 Å². The van der Waals surface area contributed by atoms with Crippen molar-refractivity contribution in [2.24, 2.45) is 5.92 Å². The Kier molecular flexibility index (Phi) is 3.81. The van der Waals surface area contributed by atoms with E-state index in [-0.39, 0.29) is 6.04 Å². The topological polar surface area (TPSA) is 51.5 Å². The summed E-state index contributed by atoms with van der Waals surface area (Å²) in [5.74, 6) is 1.11. The first-order valence-electron chi connectivity index (χ1n) is 6.19. The van der Waals surface area contributed by atoms with Crippen molar-refractivity contribution in [3.8, 4) is 0 Å². The van der Waals surface area contributed by atoms with E-state index in [0.29, 0.717) is 18.5 Å². The molecule has 0 aliphatic heterocycles. The Hall–Kier alpha value is -1.62. The summed E-state index contributed by atoms with van der Waals surface area (Å²) in [5.41, 5.74) is 1.93. The smallest absolute Gasteiger partial charge is 0.243 e. The molecule has 0 aromatic carbocycles. The predicted molar refractivity (Wildman–Crippen MR) is 71.8 cm³/mol. The first-order chi connectivity index (χ1) is 8.61. The lowest BCUT2D eigenvalue weighted by atomic mass is 10.1. The van der Waals surface area contributed by atoms with Crippen LogP contribution in [0.5, 0.6) is 0 Å². The molecule has 0 saturated heterocycles. The minimum atomic E-state index is 0.215. The third-order valence-corrected chi connectivity index (χ3v) is 3.01. The Morgan fingerprint density at radius 3 is 2.78 bits per heavy atom. The van der Waals surface area contributed by atoms with Gasteiger partial charge >= 0.3 is 0 Å². The fourth-order valence-electron chi connectivity index (χ4n) is 1.84. The molecule has 18 heavy (non-hydrogen) atoms. The highest BCUT2D eigenvalue weighted by atomic mass is 16.5. The zero-order valence-electron chi connectivity index (χ0n) is 11.3. The van der Waals surface area contributed by atoms with Crippen LogP contribution in [0.1, 0.15) is 19.5 Å². The van der Waals surface area contributed by atoms with Gasteiger partial charge in [0.05, 0.1) is 12.6 Å². The molecule has 1 N–H and O–H groups in total. The van der Waals surface area contributed by atoms with Gasteiger partial charge in [-0.1, -0.05) is 19.9 Å². The van der Waals surface area contributed by atoms with Gasteiger partial charge < -0.3 is 10.1 Å². The minimum Gasteiger partial charge on any atom is -0.383 e. The van der Waals surface area contributed by atoms with Crippen LogP contribution in [0.2, 0.25) is 0 Å². The van der Waals surface area contributed by atoms with Crippen molar-refractivity contribution in [1.82, 2.24) is 14.6 Å². The Morgan fingerprint density at radius 1 is 1.39 bits per heavy atom. The van der Waals surface area contributed by atoms with Crippen molar-refractivity contribution >= 4 is 11.6 Å². The van der Waals surface area contributed by atoms with E-state index in [9.17, 15) is 0 Å². The molecule has 5 nitrogen and oxygen atoms in total. The molecular weight excluding hydrogens is 228 g/mol. The number of hydrogen-bond donors (Lipinski definition) is 1. The molecule has 0 amide bonds. The van der Waals surface area contributed by atoms with E-state index in [1.807, 2.05) is 29.6 Å². The third-order valence-electron chi connectivity index (χ3n) is 3.01. The van der Waals surface area contributed by atoms with Crippen LogP contribution in [0, 0.1) is 12.8 Å². The number of ether oxygens (including phenoxy) is 1. The van der Waals surface area contributed by atoms with Crippen molar-refractivity contribution in [2.75, 3.05) is 19.0 Å². The Labute approximate surface area is 107 Å². The van der Waals surface area contributed by atoms with Crippen LogP contribution in [0.25, 0.3) is 5.65 Å². The zero-order valence-corrected chi connectivity index (χ0v) is 11.3. The van der Waals surface area contributed by atoms with E-state index in [1.54, 1.807) is 7.11 Å². The standard InChI is InChI=1S/C13H20N4O/c1-9(2)11(8-18-4)14-13-15-12-7-5-6-10(3)17(12)16-13/h5-7,9,11H,8H2,1-4H3,(H,14,16). The van der Waals surface area contributed by atoms with Crippen molar-refractivity contribution in [3.63, 3.8) is 0 Å². The van der Waals surface area contributed by atoms with Gasteiger partial charge in [-0.25, -0.2) is 4.52 Å². The van der Waals surface area contributed by atoms with Crippen LogP contribution in [0.15, 0.2) is 18.2 Å². The number of nitrogens with zero attached hydrogens (tertiary/aromatic N) is 3. The SMILES string of the molecule is COCC(Nc1nc2cccc(C)n2n1)C(C)C. The average molecular weight is 248 g/mol. The van der Waals surface area contributed by atoms with Crippen molar-refractivity contribution in [1.29, 1.82) is 0 Å². The molecule has 0 aliphatic carbocycles. The number of nitrogens with one attached hydrogen (secondary N) is 1. The van der Waals surface area contributed by atoms with Crippen LogP contribution >= 0.6 is 0 Å². The van der Waals surface area contributed by atoms with E-state index >= 15 is 0 Å². The first kappa shape index (κ1) is 12.8. The number of methoxy groups -OCH3 is 1. The maximum atomic E-state index is 5.21. The molecule has 0 fully saturated rings. The van der Waals surface area contributed by atoms with Crippen molar-refractivity contribution in [2.45, 2.75) is 26.8 Å². The first-order valence-corrected chi connectivity index (χ1v) is 6.19. The van der Waals surface area contributed by atoms with E-state index in [1.165, 1.54) is 0 Å². The lowest BCUT2D eigenvalue weighted by Gasteiger charge is -2.20. The molecule has 0 saturated carbocycles. The summed E-state index contributed by atoms with van der Waals surface area (Å²) in [7, 11) is 1.71. The highest BCUT2D eigenvalue weighted by Crippen LogP contribution is 2.12. The number of rotatable bonds is 5. The molecule has 0 aliphatic rings. The predicted octanol–water partition coefficient (Wildman–Crippen LogP) is 2.12. The minimum absolute atomic E-state index is 0.215. The molecule has 2 heterocycles. The summed E-state index contributed by atoms with van der Waals surface area (Å²) in [5, 5.41) is 7.78. The maximum Gasteiger partial charge on any atom is 0.243 e. The van der Waals surface area contributed by atoms with Crippen molar-refractivity contribution in [3.05, 3.63) is 23.9 Å². The summed E-state index contributed by atoms with van der Waals surface area (Å²) in [6.07, 6.45) is 0. The summed E-state index contributed by atoms with van der Waals surface area (Å²) >= 11 is 0. The van der Waals surface area contributed by atoms with Crippen molar-refractivity contribution < 1.29 is 4.74 Å². The highest BCUT2D eigenvalue weighted by Gasteiger charge is 2.15. The second-order valence-electron chi connectivity index (χ2n) is 4.82. The molecule has 1 unspecified atom stereocenters. The van der Waals surface area contributed by atoms with Crippen LogP contribution in [0.4, 0.5) is 5.95 Å². The summed E-state index contributed by atoms with van der Waals surface area (Å²) < 4.78 is 7.05. The van der Waals surface area contributed by atoms with Gasteiger partial charge in [-0.3, -0.25) is 0 Å². The quantitative estimate of drug-likeness (QED) is 0.880. The van der Waals surface area contributed by atoms with E-state index in [4.69, 9.17) is 4.74 Å². The Bertz CT molecular complexity index is 521. The van der Waals surface area contributed by atoms with Crippen LogP contribution < -0.4 is 5.32 Å². The van der Waals surface area contributed by atoms with Crippen LogP contribution in [0.3, 0.4) is 0 Å². The number of aromatic nitrogens is 3. The third kappa shape index (κ3) is 2.61. The van der Waals surface area contributed by atoms with Gasteiger partial charge in [0.1, 0.15) is 0 Å². The zero-order chi connectivity index (χ0) is 13.1. The normalized spacial score (nSPS) is 13.2. The van der Waals surface area contributed by atoms with Gasteiger partial charge in [-0.05, 0) is 25.0 Å². The number of hydrogen-bond acceptors (Lipinski definition) is 4. The van der Waals surface area contributed by atoms with Crippen LogP contribution in [-0.4, -0.2) is 34.4 Å². The lowest BCUT2D eigenvalue weighted by molar-refractivity contribution is 0.171. The van der Waals surface area contributed by atoms with E-state index in [0.717, 1.165) is 11.3 Å². The Morgan fingerprint density at radius 2 is 2.17 bits per heavy atom. The average Bonchev–Trinajstić information content (AvgIpc) is 2.72. The molecular formula is C13H20N4O. The number of aryl methyl sites for hydroxylation is 1. The summed E-state index contributed by atoms with van der Waals surface area (Å²) in [6, 6.07) is 6.16. The largest absolute Gasteiger partial charge is 0.383 e. The summed E-state index contributed by atoms with van der Waals surface area (Å²) in [4.78, 5) is 4.46. The second-order valence-corrected chi connectivity index (χ2v) is 4.82. The summed E-state index contributed by atoms with van der Waals surface area (Å²) in [6.45, 7) is 6.96. The molecule has 5 heteroatoms. The monoisotopic (exact) mass is 248 g/mol. The molecule has 0 radical (unpaired) electrons. The molecule has 0 spiro atoms. The molecule has 2 aromatic rings. The van der Waals surface area contributed by atoms with E-state index in [2.05, 4.69) is 29.2 Å². The van der Waals surface area contributed by atoms with Gasteiger partial charge in [0.25, 0.3) is 0 Å². The Balaban J connectivity index is 2.23. The van der Waals surface area contributed by atoms with E-state index < -0.39 is 0 Å². The molecule has 1 atom stereocenters. The molecule has 0 bridgehead atoms. The maximum absolute atomic E-state index is 5.21. The molecule has 2 aromatic heterocycles. The number of pyridine rings is 1. The van der Waals surface area contributed by atoms with Crippen LogP contribution in [-0.2, 0) is 4.74 Å². The van der Waals surface area contributed by atoms with Gasteiger partial charge in [-0.15, -0.1) is 5.10 Å². The number of fused-ring (bicyclic) bond motifs is 1. The fourth-order valence-corrected chi connectivity index (χ4v) is 1.84. The second kappa shape index (κ2) is 5.35. The molecule has 98 valence electrons. The number of anilines is 1.